The van der Waals surface area contributed by atoms with Gasteiger partial charge < -0.3 is 20.3 Å². The summed E-state index contributed by atoms with van der Waals surface area (Å²) in [6, 6.07) is 19.7. The van der Waals surface area contributed by atoms with E-state index in [9.17, 15) is 18.0 Å². The van der Waals surface area contributed by atoms with E-state index in [1.807, 2.05) is 36.4 Å². The summed E-state index contributed by atoms with van der Waals surface area (Å²) in [5.41, 5.74) is 2.25. The number of carbonyl (C=O) groups excluding carboxylic acids is 1. The van der Waals surface area contributed by atoms with Crippen LogP contribution in [0.1, 0.15) is 66.1 Å². The van der Waals surface area contributed by atoms with E-state index < -0.39 is 18.0 Å². The zero-order chi connectivity index (χ0) is 27.1. The molecule has 5 nitrogen and oxygen atoms in total. The highest BCUT2D eigenvalue weighted by molar-refractivity contribution is 5.94. The molecule has 1 unspecified atom stereocenters. The fourth-order valence-corrected chi connectivity index (χ4v) is 4.84. The lowest BCUT2D eigenvalue weighted by Crippen LogP contribution is -2.27. The summed E-state index contributed by atoms with van der Waals surface area (Å²) in [6.07, 6.45) is -0.422. The van der Waals surface area contributed by atoms with Gasteiger partial charge in [0.1, 0.15) is 11.9 Å². The van der Waals surface area contributed by atoms with Crippen LogP contribution in [-0.4, -0.2) is 29.0 Å². The maximum atomic E-state index is 12.9. The summed E-state index contributed by atoms with van der Waals surface area (Å²) in [6.45, 7) is 0.161. The van der Waals surface area contributed by atoms with Crippen molar-refractivity contribution in [2.24, 2.45) is 5.92 Å². The molecule has 1 atom stereocenters. The van der Waals surface area contributed by atoms with Gasteiger partial charge in [-0.15, -0.1) is 0 Å². The van der Waals surface area contributed by atoms with Crippen molar-refractivity contribution in [1.29, 1.82) is 0 Å². The van der Waals surface area contributed by atoms with Gasteiger partial charge in [-0.2, -0.15) is 13.2 Å². The number of ether oxygens (including phenoxy) is 1. The summed E-state index contributed by atoms with van der Waals surface area (Å²) < 4.78 is 45.1. The normalized spacial score (nSPS) is 15.3. The second-order valence-corrected chi connectivity index (χ2v) is 9.68. The lowest BCUT2D eigenvalue weighted by atomic mass is 9.82. The van der Waals surface area contributed by atoms with E-state index in [1.54, 1.807) is 12.1 Å². The number of aliphatic hydroxyl groups is 2. The summed E-state index contributed by atoms with van der Waals surface area (Å²) >= 11 is 0. The molecule has 4 rings (SSSR count). The maximum absolute atomic E-state index is 12.9. The molecule has 0 saturated heterocycles. The van der Waals surface area contributed by atoms with Gasteiger partial charge >= 0.3 is 6.18 Å². The third kappa shape index (κ3) is 7.36. The molecular weight excluding hydrogens is 495 g/mol. The molecule has 3 aromatic carbocycles. The molecular formula is C30H32F3NO4. The summed E-state index contributed by atoms with van der Waals surface area (Å²) in [7, 11) is 0. The van der Waals surface area contributed by atoms with Crippen molar-refractivity contribution in [2.45, 2.75) is 57.1 Å². The lowest BCUT2D eigenvalue weighted by molar-refractivity contribution is -0.137. The minimum atomic E-state index is -4.37. The van der Waals surface area contributed by atoms with Crippen LogP contribution in [0, 0.1) is 5.92 Å². The molecule has 0 aromatic heterocycles. The molecule has 3 aromatic rings. The molecule has 202 valence electrons. The van der Waals surface area contributed by atoms with Crippen LogP contribution in [0.3, 0.4) is 0 Å². The van der Waals surface area contributed by atoms with Crippen molar-refractivity contribution < 1.29 is 32.9 Å². The van der Waals surface area contributed by atoms with Crippen LogP contribution in [0.25, 0.3) is 11.1 Å². The first kappa shape index (κ1) is 27.7. The zero-order valence-corrected chi connectivity index (χ0v) is 21.0. The van der Waals surface area contributed by atoms with Crippen molar-refractivity contribution >= 4 is 5.91 Å². The molecule has 0 heterocycles. The predicted molar refractivity (Wildman–Crippen MR) is 138 cm³/mol. The fraction of sp³-hybridized carbons (Fsp3) is 0.367. The molecule has 0 aliphatic heterocycles. The molecule has 0 bridgehead atoms. The molecule has 1 fully saturated rings. The van der Waals surface area contributed by atoms with E-state index in [-0.39, 0.29) is 25.0 Å². The van der Waals surface area contributed by atoms with Gasteiger partial charge in [-0.1, -0.05) is 55.7 Å². The zero-order valence-electron chi connectivity index (χ0n) is 21.0. The van der Waals surface area contributed by atoms with Gasteiger partial charge in [-0.25, -0.2) is 0 Å². The molecule has 0 spiro atoms. The molecule has 38 heavy (non-hydrogen) atoms. The van der Waals surface area contributed by atoms with Crippen LogP contribution in [0.5, 0.6) is 5.75 Å². The number of aliphatic hydroxyl groups excluding tert-OH is 1. The highest BCUT2D eigenvalue weighted by atomic mass is 19.4. The smallest absolute Gasteiger partial charge is 0.416 e. The Hall–Kier alpha value is -3.36. The van der Waals surface area contributed by atoms with Gasteiger partial charge in [0, 0.05) is 24.4 Å². The van der Waals surface area contributed by atoms with E-state index in [0.717, 1.165) is 48.9 Å². The van der Waals surface area contributed by atoms with Crippen molar-refractivity contribution in [3.05, 3.63) is 89.5 Å². The summed E-state index contributed by atoms with van der Waals surface area (Å²) in [5.74, 6) is 0.705. The van der Waals surface area contributed by atoms with Gasteiger partial charge in [0.25, 0.3) is 5.91 Å². The average Bonchev–Trinajstić information content (AvgIpc) is 2.92. The Morgan fingerprint density at radius 2 is 1.45 bits per heavy atom. The van der Waals surface area contributed by atoms with Crippen LogP contribution in [0.15, 0.2) is 72.8 Å². The van der Waals surface area contributed by atoms with Gasteiger partial charge in [0.05, 0.1) is 5.56 Å². The number of halogens is 3. The molecule has 1 aliphatic carbocycles. The monoisotopic (exact) mass is 527 g/mol. The number of alkyl halides is 3. The molecule has 1 aliphatic rings. The first-order valence-electron chi connectivity index (χ1n) is 12.9. The molecule has 3 N–H and O–H groups in total. The van der Waals surface area contributed by atoms with Crippen molar-refractivity contribution in [3.8, 4) is 16.9 Å². The number of amides is 1. The van der Waals surface area contributed by atoms with E-state index >= 15 is 0 Å². The maximum Gasteiger partial charge on any atom is 0.416 e. The van der Waals surface area contributed by atoms with Gasteiger partial charge in [0.15, 0.2) is 6.29 Å². The molecule has 1 amide bonds. The van der Waals surface area contributed by atoms with E-state index in [4.69, 9.17) is 14.9 Å². The highest BCUT2D eigenvalue weighted by Crippen LogP contribution is 2.38. The van der Waals surface area contributed by atoms with Crippen LogP contribution in [0.4, 0.5) is 13.2 Å². The largest absolute Gasteiger partial charge is 0.485 e. The predicted octanol–water partition coefficient (Wildman–Crippen LogP) is 6.50. The number of benzene rings is 3. The lowest BCUT2D eigenvalue weighted by Gasteiger charge is -2.31. The minimum absolute atomic E-state index is 0.0546. The summed E-state index contributed by atoms with van der Waals surface area (Å²) in [5, 5.41) is 20.5. The highest BCUT2D eigenvalue weighted by Gasteiger charge is 2.30. The quantitative estimate of drug-likeness (QED) is 0.278. The fourth-order valence-electron chi connectivity index (χ4n) is 4.84. The van der Waals surface area contributed by atoms with E-state index in [0.29, 0.717) is 22.8 Å². The third-order valence-corrected chi connectivity index (χ3v) is 6.93. The number of hydrogen-bond donors (Lipinski definition) is 3. The first-order valence-corrected chi connectivity index (χ1v) is 12.9. The van der Waals surface area contributed by atoms with Crippen molar-refractivity contribution in [3.63, 3.8) is 0 Å². The summed E-state index contributed by atoms with van der Waals surface area (Å²) in [4.78, 5) is 12.4. The Balaban J connectivity index is 1.48. The van der Waals surface area contributed by atoms with E-state index in [2.05, 4.69) is 5.32 Å². The minimum Gasteiger partial charge on any atom is -0.485 e. The first-order chi connectivity index (χ1) is 18.2. The Bertz CT molecular complexity index is 1170. The van der Waals surface area contributed by atoms with Crippen LogP contribution < -0.4 is 10.1 Å². The van der Waals surface area contributed by atoms with Gasteiger partial charge in [-0.05, 0) is 65.9 Å². The van der Waals surface area contributed by atoms with Gasteiger partial charge in [0.2, 0.25) is 0 Å². The van der Waals surface area contributed by atoms with Crippen LogP contribution >= 0.6 is 0 Å². The van der Waals surface area contributed by atoms with Crippen molar-refractivity contribution in [2.75, 3.05) is 6.54 Å². The number of hydrogen-bond acceptors (Lipinski definition) is 4. The molecule has 8 heteroatoms. The van der Waals surface area contributed by atoms with Crippen LogP contribution in [-0.2, 0) is 6.18 Å². The Morgan fingerprint density at radius 3 is 2.00 bits per heavy atom. The average molecular weight is 528 g/mol. The van der Waals surface area contributed by atoms with E-state index in [1.165, 1.54) is 18.6 Å². The second kappa shape index (κ2) is 12.5. The number of carbonyl (C=O) groups is 1. The topological polar surface area (TPSA) is 78.8 Å². The number of nitrogens with one attached hydrogen (secondary N) is 1. The second-order valence-electron chi connectivity index (χ2n) is 9.68. The standard InChI is InChI=1S/C30H32F3NO4/c31-30(32,33)25-14-10-20(11-15-25)21-12-16-26(17-13-21)38-28(22-4-2-1-3-5-22)23-6-8-24(9-7-23)29(37)34-19-18-27(35)36/h6-17,22,27-28,35-36H,1-5,18-19H2,(H,34,37). The number of rotatable bonds is 9. The SMILES string of the molecule is O=C(NCCC(O)O)c1ccc(C(Oc2ccc(-c3ccc(C(F)(F)F)cc3)cc2)C2CCCCC2)cc1. The van der Waals surface area contributed by atoms with Crippen molar-refractivity contribution in [1.82, 2.24) is 5.32 Å². The Morgan fingerprint density at radius 1 is 0.868 bits per heavy atom. The van der Waals surface area contributed by atoms with Gasteiger partial charge in [-0.3, -0.25) is 4.79 Å². The Labute approximate surface area is 220 Å². The Kier molecular flexibility index (Phi) is 9.07. The van der Waals surface area contributed by atoms with Crippen LogP contribution in [0.2, 0.25) is 0 Å². The molecule has 1 saturated carbocycles. The molecule has 0 radical (unpaired) electrons. The third-order valence-electron chi connectivity index (χ3n) is 6.93.